The number of rotatable bonds is 9. The van der Waals surface area contributed by atoms with E-state index in [2.05, 4.69) is 6.92 Å². The fourth-order valence-electron chi connectivity index (χ4n) is 4.60. The predicted octanol–water partition coefficient (Wildman–Crippen LogP) is 4.52. The largest absolute Gasteiger partial charge is 0.492 e. The molecule has 2 aliphatic rings. The number of aromatic nitrogens is 1. The van der Waals surface area contributed by atoms with Crippen LogP contribution in [0.3, 0.4) is 0 Å². The number of ether oxygens (including phenoxy) is 2. The number of anilines is 1. The van der Waals surface area contributed by atoms with Crippen molar-refractivity contribution in [2.75, 3.05) is 25.2 Å². The number of hydrogen-bond donors (Lipinski definition) is 0. The molecule has 7 nitrogen and oxygen atoms in total. The third-order valence-corrected chi connectivity index (χ3v) is 6.57. The zero-order valence-corrected chi connectivity index (χ0v) is 19.8. The molecule has 2 aromatic rings. The van der Waals surface area contributed by atoms with Crippen LogP contribution in [0, 0.1) is 0 Å². The average Bonchev–Trinajstić information content (AvgIpc) is 3.13. The van der Waals surface area contributed by atoms with E-state index < -0.39 is 0 Å². The highest BCUT2D eigenvalue weighted by molar-refractivity contribution is 6.32. The lowest BCUT2D eigenvalue weighted by Crippen LogP contribution is -2.34. The summed E-state index contributed by atoms with van der Waals surface area (Å²) in [6, 6.07) is 5.44. The van der Waals surface area contributed by atoms with Crippen molar-refractivity contribution >= 4 is 29.1 Å². The van der Waals surface area contributed by atoms with Gasteiger partial charge in [0, 0.05) is 56.8 Å². The van der Waals surface area contributed by atoms with Gasteiger partial charge in [0.05, 0.1) is 17.3 Å². The molecule has 2 aliphatic heterocycles. The van der Waals surface area contributed by atoms with Gasteiger partial charge in [-0.15, -0.1) is 0 Å². The monoisotopic (exact) mass is 472 g/mol. The molecule has 1 saturated heterocycles. The second-order valence-corrected chi connectivity index (χ2v) is 8.98. The van der Waals surface area contributed by atoms with Gasteiger partial charge in [-0.1, -0.05) is 31.4 Å². The number of benzene rings is 1. The van der Waals surface area contributed by atoms with Gasteiger partial charge in [0.2, 0.25) is 17.2 Å². The van der Waals surface area contributed by atoms with Gasteiger partial charge in [-0.25, -0.2) is 4.90 Å². The summed E-state index contributed by atoms with van der Waals surface area (Å²) < 4.78 is 13.0. The third-order valence-electron chi connectivity index (χ3n) is 6.28. The molecule has 1 atom stereocenters. The first-order valence-corrected chi connectivity index (χ1v) is 11.9. The van der Waals surface area contributed by atoms with Crippen LogP contribution in [0.15, 0.2) is 29.2 Å². The molecule has 2 amide bonds. The fourth-order valence-corrected chi connectivity index (χ4v) is 4.82. The van der Waals surface area contributed by atoms with Crippen molar-refractivity contribution in [3.05, 3.63) is 45.2 Å². The predicted molar refractivity (Wildman–Crippen MR) is 127 cm³/mol. The first-order chi connectivity index (χ1) is 15.9. The standard InChI is InChI=1S/C25H29ClN2O5/c1-3-4-6-17-11-16-12-23(33-10-5-9-32-2)19(26)13-18(16)20-14-22(29)21(15-27(17)20)28-24(30)7-8-25(28)31/h12-15,17H,3-11H2,1-2H3. The minimum atomic E-state index is -0.344. The Labute approximate surface area is 198 Å². The first-order valence-electron chi connectivity index (χ1n) is 11.5. The molecule has 0 saturated carbocycles. The molecule has 1 unspecified atom stereocenters. The van der Waals surface area contributed by atoms with Crippen LogP contribution in [0.4, 0.5) is 5.69 Å². The molecule has 1 fully saturated rings. The van der Waals surface area contributed by atoms with Gasteiger partial charge in [0.25, 0.3) is 0 Å². The summed E-state index contributed by atoms with van der Waals surface area (Å²) in [5, 5.41) is 0.478. The van der Waals surface area contributed by atoms with Crippen molar-refractivity contribution in [2.45, 2.75) is 57.9 Å². The summed E-state index contributed by atoms with van der Waals surface area (Å²) in [4.78, 5) is 38.6. The number of carbonyl (C=O) groups is 2. The van der Waals surface area contributed by atoms with Gasteiger partial charge in [0.15, 0.2) is 0 Å². The van der Waals surface area contributed by atoms with E-state index in [9.17, 15) is 14.4 Å². The lowest BCUT2D eigenvalue weighted by atomic mass is 9.90. The van der Waals surface area contributed by atoms with Crippen LogP contribution < -0.4 is 15.1 Å². The maximum atomic E-state index is 13.0. The van der Waals surface area contributed by atoms with Crippen molar-refractivity contribution in [2.24, 2.45) is 0 Å². The van der Waals surface area contributed by atoms with Crippen LogP contribution in [-0.4, -0.2) is 36.7 Å². The lowest BCUT2D eigenvalue weighted by molar-refractivity contribution is -0.121. The minimum Gasteiger partial charge on any atom is -0.492 e. The number of pyridine rings is 1. The van der Waals surface area contributed by atoms with E-state index in [0.29, 0.717) is 24.0 Å². The molecule has 1 aromatic heterocycles. The van der Waals surface area contributed by atoms with E-state index in [-0.39, 0.29) is 41.8 Å². The van der Waals surface area contributed by atoms with Crippen LogP contribution in [0.2, 0.25) is 5.02 Å². The minimum absolute atomic E-state index is 0.0992. The van der Waals surface area contributed by atoms with Crippen LogP contribution >= 0.6 is 11.6 Å². The van der Waals surface area contributed by atoms with Crippen molar-refractivity contribution in [3.8, 4) is 17.0 Å². The Hall–Kier alpha value is -2.64. The number of hydrogen-bond acceptors (Lipinski definition) is 5. The topological polar surface area (TPSA) is 77.8 Å². The fraction of sp³-hybridized carbons (Fsp3) is 0.480. The molecule has 4 rings (SSSR count). The highest BCUT2D eigenvalue weighted by Gasteiger charge is 2.34. The molecular weight excluding hydrogens is 444 g/mol. The smallest absolute Gasteiger partial charge is 0.234 e. The highest BCUT2D eigenvalue weighted by atomic mass is 35.5. The summed E-state index contributed by atoms with van der Waals surface area (Å²) >= 11 is 6.53. The van der Waals surface area contributed by atoms with Gasteiger partial charge in [0.1, 0.15) is 11.4 Å². The Kier molecular flexibility index (Phi) is 7.20. The van der Waals surface area contributed by atoms with E-state index >= 15 is 0 Å². The Morgan fingerprint density at radius 1 is 1.06 bits per heavy atom. The lowest BCUT2D eigenvalue weighted by Gasteiger charge is -2.32. The number of amides is 2. The van der Waals surface area contributed by atoms with Crippen LogP contribution in [-0.2, 0) is 20.7 Å². The van der Waals surface area contributed by atoms with E-state index in [0.717, 1.165) is 53.8 Å². The number of fused-ring (bicyclic) bond motifs is 3. The highest BCUT2D eigenvalue weighted by Crippen LogP contribution is 2.41. The molecule has 33 heavy (non-hydrogen) atoms. The Balaban J connectivity index is 1.76. The number of nitrogens with zero attached hydrogens (tertiary/aromatic N) is 2. The van der Waals surface area contributed by atoms with Gasteiger partial charge in [-0.2, -0.15) is 0 Å². The number of methoxy groups -OCH3 is 1. The summed E-state index contributed by atoms with van der Waals surface area (Å²) in [5.41, 5.74) is 2.49. The molecule has 0 radical (unpaired) electrons. The molecule has 0 spiro atoms. The summed E-state index contributed by atoms with van der Waals surface area (Å²) in [6.45, 7) is 3.26. The molecule has 3 heterocycles. The Morgan fingerprint density at radius 2 is 1.82 bits per heavy atom. The summed E-state index contributed by atoms with van der Waals surface area (Å²) in [7, 11) is 1.66. The molecule has 0 bridgehead atoms. The van der Waals surface area contributed by atoms with E-state index in [1.54, 1.807) is 13.3 Å². The molecule has 0 N–H and O–H groups in total. The van der Waals surface area contributed by atoms with Crippen LogP contribution in [0.25, 0.3) is 11.3 Å². The van der Waals surface area contributed by atoms with E-state index in [4.69, 9.17) is 21.1 Å². The van der Waals surface area contributed by atoms with Crippen LogP contribution in [0.1, 0.15) is 57.1 Å². The van der Waals surface area contributed by atoms with Crippen molar-refractivity contribution in [1.82, 2.24) is 4.57 Å². The van der Waals surface area contributed by atoms with E-state index in [1.807, 2.05) is 16.7 Å². The number of halogens is 1. The first kappa shape index (κ1) is 23.5. The number of imide groups is 1. The summed E-state index contributed by atoms with van der Waals surface area (Å²) in [6.07, 6.45) is 6.47. The Bertz CT molecular complexity index is 1110. The SMILES string of the molecule is CCCCC1Cc2cc(OCCCOC)c(Cl)cc2-c2cc(=O)c(N3C(=O)CCC3=O)cn21. The molecular formula is C25H29ClN2O5. The average molecular weight is 473 g/mol. The number of unbranched alkanes of at least 4 members (excludes halogenated alkanes) is 1. The quantitative estimate of drug-likeness (QED) is 0.396. The van der Waals surface area contributed by atoms with Gasteiger partial charge >= 0.3 is 0 Å². The molecule has 8 heteroatoms. The van der Waals surface area contributed by atoms with Crippen LogP contribution in [0.5, 0.6) is 5.75 Å². The zero-order chi connectivity index (χ0) is 23.5. The zero-order valence-electron chi connectivity index (χ0n) is 19.1. The summed E-state index contributed by atoms with van der Waals surface area (Å²) in [5.74, 6) is -0.0176. The van der Waals surface area contributed by atoms with Crippen molar-refractivity contribution < 1.29 is 19.1 Å². The number of carbonyl (C=O) groups excluding carboxylic acids is 2. The van der Waals surface area contributed by atoms with E-state index in [1.165, 1.54) is 6.07 Å². The maximum Gasteiger partial charge on any atom is 0.234 e. The Morgan fingerprint density at radius 3 is 2.52 bits per heavy atom. The molecule has 1 aromatic carbocycles. The van der Waals surface area contributed by atoms with Gasteiger partial charge < -0.3 is 14.0 Å². The van der Waals surface area contributed by atoms with Crippen molar-refractivity contribution in [1.29, 1.82) is 0 Å². The second kappa shape index (κ2) is 10.1. The van der Waals surface area contributed by atoms with Gasteiger partial charge in [-0.3, -0.25) is 14.4 Å². The van der Waals surface area contributed by atoms with Gasteiger partial charge in [-0.05, 0) is 30.5 Å². The second-order valence-electron chi connectivity index (χ2n) is 8.57. The molecule has 0 aliphatic carbocycles. The third kappa shape index (κ3) is 4.70. The molecule has 176 valence electrons. The van der Waals surface area contributed by atoms with Crippen molar-refractivity contribution in [3.63, 3.8) is 0 Å². The normalized spacial score (nSPS) is 17.3. The maximum absolute atomic E-state index is 13.0.